The van der Waals surface area contributed by atoms with Crippen molar-refractivity contribution in [1.29, 1.82) is 0 Å². The van der Waals surface area contributed by atoms with Gasteiger partial charge < -0.3 is 19.5 Å². The zero-order chi connectivity index (χ0) is 14.2. The number of para-hydroxylation sites is 1. The number of fused-ring (bicyclic) bond motifs is 2. The van der Waals surface area contributed by atoms with E-state index in [0.29, 0.717) is 23.7 Å². The van der Waals surface area contributed by atoms with Crippen LogP contribution in [0.4, 0.5) is 0 Å². The average molecular weight is 283 g/mol. The van der Waals surface area contributed by atoms with Gasteiger partial charge in [-0.1, -0.05) is 18.2 Å². The first-order valence-electron chi connectivity index (χ1n) is 6.73. The fourth-order valence-corrected chi connectivity index (χ4v) is 2.56. The van der Waals surface area contributed by atoms with Gasteiger partial charge in [-0.25, -0.2) is 0 Å². The summed E-state index contributed by atoms with van der Waals surface area (Å²) in [6.45, 7) is 0.653. The van der Waals surface area contributed by atoms with Gasteiger partial charge in [-0.2, -0.15) is 0 Å². The second kappa shape index (κ2) is 4.70. The zero-order valence-electron chi connectivity index (χ0n) is 11.2. The van der Waals surface area contributed by atoms with Gasteiger partial charge in [0, 0.05) is 11.1 Å². The van der Waals surface area contributed by atoms with Gasteiger partial charge in [0.2, 0.25) is 6.79 Å². The molecule has 5 heteroatoms. The molecule has 5 nitrogen and oxygen atoms in total. The van der Waals surface area contributed by atoms with Crippen molar-refractivity contribution in [3.05, 3.63) is 53.6 Å². The summed E-state index contributed by atoms with van der Waals surface area (Å²) in [4.78, 5) is 12.3. The molecule has 0 bridgehead atoms. The lowest BCUT2D eigenvalue weighted by atomic mass is 10.1. The van der Waals surface area contributed by atoms with E-state index in [1.54, 1.807) is 18.2 Å². The van der Waals surface area contributed by atoms with Crippen LogP contribution in [0.3, 0.4) is 0 Å². The Bertz CT molecular complexity index is 713. The zero-order valence-corrected chi connectivity index (χ0v) is 11.2. The molecule has 1 N–H and O–H groups in total. The SMILES string of the molecule is O=C(NC1COc2ccccc21)c1ccc2c(c1)OCO2. The Morgan fingerprint density at radius 1 is 1.00 bits per heavy atom. The highest BCUT2D eigenvalue weighted by atomic mass is 16.7. The highest BCUT2D eigenvalue weighted by molar-refractivity contribution is 5.95. The molecule has 4 rings (SSSR count). The molecule has 1 amide bonds. The second-order valence-electron chi connectivity index (χ2n) is 4.94. The standard InChI is InChI=1S/C16H13NO4/c18-16(10-5-6-14-15(7-10)21-9-20-14)17-12-8-19-13-4-2-1-3-11(12)13/h1-7,12H,8-9H2,(H,17,18). The third-order valence-electron chi connectivity index (χ3n) is 3.64. The lowest BCUT2D eigenvalue weighted by molar-refractivity contribution is 0.0930. The predicted octanol–water partition coefficient (Wildman–Crippen LogP) is 2.28. The third-order valence-corrected chi connectivity index (χ3v) is 3.64. The van der Waals surface area contributed by atoms with Crippen LogP contribution in [-0.2, 0) is 0 Å². The van der Waals surface area contributed by atoms with Gasteiger partial charge >= 0.3 is 0 Å². The van der Waals surface area contributed by atoms with Gasteiger partial charge in [-0.3, -0.25) is 4.79 Å². The summed E-state index contributed by atoms with van der Waals surface area (Å²) in [6, 6.07) is 12.8. The van der Waals surface area contributed by atoms with Crippen molar-refractivity contribution in [1.82, 2.24) is 5.32 Å². The average Bonchev–Trinajstić information content (AvgIpc) is 3.13. The highest BCUT2D eigenvalue weighted by Crippen LogP contribution is 2.34. The molecule has 0 radical (unpaired) electrons. The summed E-state index contributed by atoms with van der Waals surface area (Å²) in [7, 11) is 0. The molecule has 0 spiro atoms. The lowest BCUT2D eigenvalue weighted by Crippen LogP contribution is -2.29. The maximum absolute atomic E-state index is 12.3. The molecule has 0 saturated carbocycles. The van der Waals surface area contributed by atoms with Crippen LogP contribution in [0.25, 0.3) is 0 Å². The van der Waals surface area contributed by atoms with Crippen molar-refractivity contribution in [3.8, 4) is 17.2 Å². The summed E-state index contributed by atoms with van der Waals surface area (Å²) in [6.07, 6.45) is 0. The number of hydrogen-bond acceptors (Lipinski definition) is 4. The molecule has 1 unspecified atom stereocenters. The molecular formula is C16H13NO4. The van der Waals surface area contributed by atoms with Crippen molar-refractivity contribution < 1.29 is 19.0 Å². The number of carbonyl (C=O) groups is 1. The molecule has 1 atom stereocenters. The van der Waals surface area contributed by atoms with Crippen molar-refractivity contribution >= 4 is 5.91 Å². The van der Waals surface area contributed by atoms with E-state index in [9.17, 15) is 4.79 Å². The van der Waals surface area contributed by atoms with Crippen LogP contribution >= 0.6 is 0 Å². The summed E-state index contributed by atoms with van der Waals surface area (Å²) in [5.74, 6) is 1.94. The third kappa shape index (κ3) is 2.07. The minimum Gasteiger partial charge on any atom is -0.491 e. The van der Waals surface area contributed by atoms with E-state index in [4.69, 9.17) is 14.2 Å². The van der Waals surface area contributed by atoms with Crippen molar-refractivity contribution in [2.24, 2.45) is 0 Å². The molecule has 2 aliphatic rings. The van der Waals surface area contributed by atoms with Gasteiger partial charge in [0.25, 0.3) is 5.91 Å². The van der Waals surface area contributed by atoms with Gasteiger partial charge in [0.05, 0.1) is 6.04 Å². The van der Waals surface area contributed by atoms with Crippen molar-refractivity contribution in [2.75, 3.05) is 13.4 Å². The normalized spacial score (nSPS) is 18.0. The molecule has 0 aromatic heterocycles. The van der Waals surface area contributed by atoms with E-state index in [-0.39, 0.29) is 18.7 Å². The molecule has 106 valence electrons. The predicted molar refractivity (Wildman–Crippen MR) is 74.7 cm³/mol. The molecule has 2 heterocycles. The maximum atomic E-state index is 12.3. The Balaban J connectivity index is 1.54. The number of ether oxygens (including phenoxy) is 3. The molecule has 2 aliphatic heterocycles. The largest absolute Gasteiger partial charge is 0.491 e. The highest BCUT2D eigenvalue weighted by Gasteiger charge is 2.26. The number of amides is 1. The fraction of sp³-hybridized carbons (Fsp3) is 0.188. The summed E-state index contributed by atoms with van der Waals surface area (Å²) in [5.41, 5.74) is 1.55. The maximum Gasteiger partial charge on any atom is 0.252 e. The number of hydrogen-bond donors (Lipinski definition) is 1. The topological polar surface area (TPSA) is 56.8 Å². The van der Waals surface area contributed by atoms with Crippen LogP contribution in [-0.4, -0.2) is 19.3 Å². The van der Waals surface area contributed by atoms with E-state index in [1.807, 2.05) is 24.3 Å². The number of rotatable bonds is 2. The fourth-order valence-electron chi connectivity index (χ4n) is 2.56. The van der Waals surface area contributed by atoms with Crippen LogP contribution in [0.2, 0.25) is 0 Å². The van der Waals surface area contributed by atoms with Gasteiger partial charge in [-0.05, 0) is 24.3 Å². The van der Waals surface area contributed by atoms with Gasteiger partial charge in [0.1, 0.15) is 12.4 Å². The summed E-state index contributed by atoms with van der Waals surface area (Å²) in [5, 5.41) is 2.98. The van der Waals surface area contributed by atoms with Crippen molar-refractivity contribution in [2.45, 2.75) is 6.04 Å². The van der Waals surface area contributed by atoms with Crippen LogP contribution in [0.1, 0.15) is 22.0 Å². The summed E-state index contributed by atoms with van der Waals surface area (Å²) < 4.78 is 16.1. The quantitative estimate of drug-likeness (QED) is 0.918. The van der Waals surface area contributed by atoms with E-state index in [1.165, 1.54) is 0 Å². The van der Waals surface area contributed by atoms with E-state index < -0.39 is 0 Å². The van der Waals surface area contributed by atoms with Gasteiger partial charge in [0.15, 0.2) is 11.5 Å². The number of benzene rings is 2. The number of carbonyl (C=O) groups excluding carboxylic acids is 1. The first-order valence-corrected chi connectivity index (χ1v) is 6.73. The van der Waals surface area contributed by atoms with Crippen molar-refractivity contribution in [3.63, 3.8) is 0 Å². The molecule has 0 saturated heterocycles. The Morgan fingerprint density at radius 2 is 1.86 bits per heavy atom. The molecule has 2 aromatic rings. The first-order chi connectivity index (χ1) is 10.3. The summed E-state index contributed by atoms with van der Waals surface area (Å²) >= 11 is 0. The molecule has 21 heavy (non-hydrogen) atoms. The number of nitrogens with one attached hydrogen (secondary N) is 1. The Kier molecular flexibility index (Phi) is 2.70. The van der Waals surface area contributed by atoms with Crippen LogP contribution in [0.5, 0.6) is 17.2 Å². The van der Waals surface area contributed by atoms with E-state index in [0.717, 1.165) is 11.3 Å². The smallest absolute Gasteiger partial charge is 0.252 e. The molecule has 2 aromatic carbocycles. The Labute approximate surface area is 121 Å². The van der Waals surface area contributed by atoms with Crippen LogP contribution in [0.15, 0.2) is 42.5 Å². The minimum atomic E-state index is -0.154. The van der Waals surface area contributed by atoms with E-state index in [2.05, 4.69) is 5.32 Å². The van der Waals surface area contributed by atoms with E-state index >= 15 is 0 Å². The van der Waals surface area contributed by atoms with Crippen LogP contribution in [0, 0.1) is 0 Å². The van der Waals surface area contributed by atoms with Crippen LogP contribution < -0.4 is 19.5 Å². The minimum absolute atomic E-state index is 0.126. The molecule has 0 fully saturated rings. The van der Waals surface area contributed by atoms with Gasteiger partial charge in [-0.15, -0.1) is 0 Å². The lowest BCUT2D eigenvalue weighted by Gasteiger charge is -2.12. The monoisotopic (exact) mass is 283 g/mol. The Hall–Kier alpha value is -2.69. The molecular weight excluding hydrogens is 270 g/mol. The first kappa shape index (κ1) is 12.1. The second-order valence-corrected chi connectivity index (χ2v) is 4.94. The molecule has 0 aliphatic carbocycles. The Morgan fingerprint density at radius 3 is 2.81 bits per heavy atom.